The predicted molar refractivity (Wildman–Crippen MR) is 94.6 cm³/mol. The highest BCUT2D eigenvalue weighted by molar-refractivity contribution is 9.10. The lowest BCUT2D eigenvalue weighted by atomic mass is 9.98. The number of hydrogen-bond donors (Lipinski definition) is 2. The molecule has 1 atom stereocenters. The maximum absolute atomic E-state index is 12.4. The van der Waals surface area contributed by atoms with E-state index in [1.165, 1.54) is 0 Å². The number of nitrogens with one attached hydrogen (secondary N) is 1. The molecule has 0 saturated heterocycles. The Labute approximate surface area is 138 Å². The summed E-state index contributed by atoms with van der Waals surface area (Å²) in [6.45, 7) is 3.78. The lowest BCUT2D eigenvalue weighted by molar-refractivity contribution is 0.0926. The minimum absolute atomic E-state index is 0.169. The van der Waals surface area contributed by atoms with E-state index in [9.17, 15) is 4.79 Å². The number of rotatable bonds is 4. The van der Waals surface area contributed by atoms with Crippen LogP contribution in [0.5, 0.6) is 0 Å². The van der Waals surface area contributed by atoms with Gasteiger partial charge in [-0.2, -0.15) is 0 Å². The number of carbonyl (C=O) groups excluding carboxylic acids is 1. The number of hydrogen-bond acceptors (Lipinski definition) is 2. The molecule has 0 aliphatic carbocycles. The van der Waals surface area contributed by atoms with Crippen LogP contribution < -0.4 is 11.1 Å². The molecule has 3 N–H and O–H groups in total. The maximum Gasteiger partial charge on any atom is 0.252 e. The number of carbonyl (C=O) groups is 1. The number of fused-ring (bicyclic) bond motifs is 1. The van der Waals surface area contributed by atoms with Crippen LogP contribution >= 0.6 is 28.1 Å². The first-order valence-electron chi connectivity index (χ1n) is 6.67. The van der Waals surface area contributed by atoms with E-state index in [1.54, 1.807) is 6.07 Å². The largest absolute Gasteiger partial charge is 0.391 e. The Balaban J connectivity index is 2.31. The summed E-state index contributed by atoms with van der Waals surface area (Å²) in [5.41, 5.74) is 5.66. The van der Waals surface area contributed by atoms with Crippen molar-refractivity contribution in [3.8, 4) is 0 Å². The van der Waals surface area contributed by atoms with Crippen LogP contribution in [0.2, 0.25) is 0 Å². The zero-order chi connectivity index (χ0) is 15.6. The van der Waals surface area contributed by atoms with Crippen molar-refractivity contribution >= 4 is 49.8 Å². The van der Waals surface area contributed by atoms with Gasteiger partial charge < -0.3 is 11.1 Å². The lowest BCUT2D eigenvalue weighted by Crippen LogP contribution is -2.54. The molecule has 0 radical (unpaired) electrons. The molecule has 2 aromatic carbocycles. The highest BCUT2D eigenvalue weighted by atomic mass is 79.9. The summed E-state index contributed by atoms with van der Waals surface area (Å²) in [7, 11) is 0. The third-order valence-electron chi connectivity index (χ3n) is 3.70. The van der Waals surface area contributed by atoms with Gasteiger partial charge in [0.25, 0.3) is 5.91 Å². The van der Waals surface area contributed by atoms with E-state index in [0.29, 0.717) is 17.0 Å². The second-order valence-corrected chi connectivity index (χ2v) is 6.57. The van der Waals surface area contributed by atoms with Crippen LogP contribution in [-0.4, -0.2) is 16.4 Å². The Bertz CT molecular complexity index is 716. The van der Waals surface area contributed by atoms with Crippen LogP contribution in [0, 0.1) is 0 Å². The molecule has 5 heteroatoms. The molecule has 0 fully saturated rings. The molecule has 0 saturated carbocycles. The molecular weight excluding hydrogens is 348 g/mol. The van der Waals surface area contributed by atoms with Crippen molar-refractivity contribution in [2.45, 2.75) is 25.8 Å². The van der Waals surface area contributed by atoms with Gasteiger partial charge in [0, 0.05) is 10.0 Å². The number of amides is 1. The summed E-state index contributed by atoms with van der Waals surface area (Å²) in [5, 5.41) is 5.01. The van der Waals surface area contributed by atoms with Crippen LogP contribution in [0.1, 0.15) is 30.6 Å². The number of halogens is 1. The van der Waals surface area contributed by atoms with Gasteiger partial charge in [-0.25, -0.2) is 0 Å². The van der Waals surface area contributed by atoms with Crippen LogP contribution in [0.25, 0.3) is 10.8 Å². The molecular formula is C16H17BrN2OS. The number of benzene rings is 2. The Morgan fingerprint density at radius 1 is 1.29 bits per heavy atom. The Morgan fingerprint density at radius 2 is 1.90 bits per heavy atom. The SMILES string of the molecule is CCC(C)(NC(=O)c1ccc2cc(Br)ccc2c1)C(N)=S. The molecule has 2 rings (SSSR count). The van der Waals surface area contributed by atoms with E-state index in [1.807, 2.05) is 44.2 Å². The van der Waals surface area contributed by atoms with E-state index >= 15 is 0 Å². The van der Waals surface area contributed by atoms with E-state index in [-0.39, 0.29) is 5.91 Å². The predicted octanol–water partition coefficient (Wildman–Crippen LogP) is 3.79. The standard InChI is InChI=1S/C16H17BrN2OS/c1-3-16(2,15(18)21)19-14(20)12-5-4-11-9-13(17)7-6-10(11)8-12/h4-9H,3H2,1-2H3,(H2,18,21)(H,19,20). The molecule has 1 amide bonds. The molecule has 0 heterocycles. The van der Waals surface area contributed by atoms with Crippen molar-refractivity contribution in [3.63, 3.8) is 0 Å². The quantitative estimate of drug-likeness (QED) is 0.811. The summed E-state index contributed by atoms with van der Waals surface area (Å²) in [4.78, 5) is 12.7. The topological polar surface area (TPSA) is 55.1 Å². The molecule has 0 aliphatic rings. The first-order valence-corrected chi connectivity index (χ1v) is 7.87. The fourth-order valence-corrected chi connectivity index (χ4v) is 2.58. The lowest BCUT2D eigenvalue weighted by Gasteiger charge is -2.28. The molecule has 0 bridgehead atoms. The zero-order valence-electron chi connectivity index (χ0n) is 11.9. The minimum Gasteiger partial charge on any atom is -0.391 e. The average Bonchev–Trinajstić information content (AvgIpc) is 2.46. The molecule has 3 nitrogen and oxygen atoms in total. The summed E-state index contributed by atoms with van der Waals surface area (Å²) in [6.07, 6.45) is 0.647. The van der Waals surface area contributed by atoms with Gasteiger partial charge in [-0.05, 0) is 48.4 Å². The molecule has 0 spiro atoms. The van der Waals surface area contributed by atoms with Gasteiger partial charge >= 0.3 is 0 Å². The van der Waals surface area contributed by atoms with Gasteiger partial charge in [0.15, 0.2) is 0 Å². The molecule has 0 aromatic heterocycles. The van der Waals surface area contributed by atoms with Gasteiger partial charge in [-0.1, -0.05) is 47.2 Å². The minimum atomic E-state index is -0.666. The molecule has 110 valence electrons. The molecule has 2 aromatic rings. The van der Waals surface area contributed by atoms with Gasteiger partial charge in [-0.3, -0.25) is 4.79 Å². The number of nitrogens with two attached hydrogens (primary N) is 1. The summed E-state index contributed by atoms with van der Waals surface area (Å²) in [6, 6.07) is 11.5. The monoisotopic (exact) mass is 364 g/mol. The second-order valence-electron chi connectivity index (χ2n) is 5.21. The number of thiocarbonyl (C=S) groups is 1. The Kier molecular flexibility index (Phi) is 4.64. The first kappa shape index (κ1) is 15.9. The normalized spacial score (nSPS) is 13.7. The van der Waals surface area contributed by atoms with E-state index in [4.69, 9.17) is 18.0 Å². The van der Waals surface area contributed by atoms with E-state index < -0.39 is 5.54 Å². The van der Waals surface area contributed by atoms with Crippen molar-refractivity contribution in [1.82, 2.24) is 5.32 Å². The highest BCUT2D eigenvalue weighted by Gasteiger charge is 2.27. The fraction of sp³-hybridized carbons (Fsp3) is 0.250. The Hall–Kier alpha value is -1.46. The van der Waals surface area contributed by atoms with E-state index in [0.717, 1.165) is 15.2 Å². The van der Waals surface area contributed by atoms with Crippen molar-refractivity contribution in [2.24, 2.45) is 5.73 Å². The van der Waals surface area contributed by atoms with Gasteiger partial charge in [0.05, 0.1) is 10.5 Å². The van der Waals surface area contributed by atoms with Crippen molar-refractivity contribution in [2.75, 3.05) is 0 Å². The summed E-state index contributed by atoms with van der Waals surface area (Å²) < 4.78 is 1.01. The van der Waals surface area contributed by atoms with E-state index in [2.05, 4.69) is 21.2 Å². The highest BCUT2D eigenvalue weighted by Crippen LogP contribution is 2.21. The molecule has 21 heavy (non-hydrogen) atoms. The van der Waals surface area contributed by atoms with Crippen molar-refractivity contribution in [1.29, 1.82) is 0 Å². The smallest absolute Gasteiger partial charge is 0.252 e. The first-order chi connectivity index (χ1) is 9.85. The molecule has 1 unspecified atom stereocenters. The third-order valence-corrected chi connectivity index (χ3v) is 4.65. The third kappa shape index (κ3) is 3.41. The van der Waals surface area contributed by atoms with Crippen LogP contribution in [0.3, 0.4) is 0 Å². The zero-order valence-corrected chi connectivity index (χ0v) is 14.3. The van der Waals surface area contributed by atoms with Gasteiger partial charge in [-0.15, -0.1) is 0 Å². The van der Waals surface area contributed by atoms with Crippen LogP contribution in [0.15, 0.2) is 40.9 Å². The molecule has 0 aliphatic heterocycles. The van der Waals surface area contributed by atoms with Crippen molar-refractivity contribution < 1.29 is 4.79 Å². The average molecular weight is 365 g/mol. The second kappa shape index (κ2) is 6.12. The Morgan fingerprint density at radius 3 is 2.52 bits per heavy atom. The summed E-state index contributed by atoms with van der Waals surface area (Å²) in [5.74, 6) is -0.169. The van der Waals surface area contributed by atoms with Gasteiger partial charge in [0.2, 0.25) is 0 Å². The maximum atomic E-state index is 12.4. The fourth-order valence-electron chi connectivity index (χ4n) is 2.00. The van der Waals surface area contributed by atoms with Crippen LogP contribution in [-0.2, 0) is 0 Å². The van der Waals surface area contributed by atoms with Gasteiger partial charge in [0.1, 0.15) is 0 Å². The van der Waals surface area contributed by atoms with Crippen molar-refractivity contribution in [3.05, 3.63) is 46.4 Å². The van der Waals surface area contributed by atoms with Crippen LogP contribution in [0.4, 0.5) is 0 Å². The summed E-state index contributed by atoms with van der Waals surface area (Å²) >= 11 is 8.48.